The standard InChI is InChI=1S/C47H90O5/c1-3-5-7-9-11-13-15-17-19-20-21-22-23-24-25-26-28-29-31-33-35-37-39-41-46(49)51-44-45(43-48)52-47(50)42-40-38-36-34-32-30-27-18-16-14-12-10-8-6-4-2/h14,16,45,48H,3-13,15,17-44H2,1-2H3/b16-14+/t45-/m0/s1. The first-order valence-corrected chi connectivity index (χ1v) is 23.2. The molecule has 0 bridgehead atoms. The first kappa shape index (κ1) is 50.6. The molecule has 0 aliphatic heterocycles. The summed E-state index contributed by atoms with van der Waals surface area (Å²) in [4.78, 5) is 24.3. The van der Waals surface area contributed by atoms with Crippen LogP contribution in [0.2, 0.25) is 0 Å². The van der Waals surface area contributed by atoms with Crippen LogP contribution in [0.4, 0.5) is 0 Å². The number of aliphatic hydroxyl groups is 1. The topological polar surface area (TPSA) is 72.8 Å². The highest BCUT2D eigenvalue weighted by Gasteiger charge is 2.16. The number of unbranched alkanes of at least 4 members (excludes halogenated alkanes) is 33. The molecule has 0 radical (unpaired) electrons. The Morgan fingerprint density at radius 3 is 1.06 bits per heavy atom. The van der Waals surface area contributed by atoms with Gasteiger partial charge in [-0.3, -0.25) is 9.59 Å². The fourth-order valence-corrected chi connectivity index (χ4v) is 7.02. The molecule has 1 atom stereocenters. The van der Waals surface area contributed by atoms with E-state index in [0.717, 1.165) is 32.1 Å². The first-order valence-electron chi connectivity index (χ1n) is 23.2. The Morgan fingerprint density at radius 1 is 0.423 bits per heavy atom. The Hall–Kier alpha value is -1.36. The van der Waals surface area contributed by atoms with E-state index in [1.54, 1.807) is 0 Å². The van der Waals surface area contributed by atoms with Gasteiger partial charge in [-0.1, -0.05) is 219 Å². The Morgan fingerprint density at radius 2 is 0.712 bits per heavy atom. The van der Waals surface area contributed by atoms with E-state index < -0.39 is 6.10 Å². The fraction of sp³-hybridized carbons (Fsp3) is 0.915. The number of esters is 2. The molecule has 0 aromatic heterocycles. The molecule has 0 spiro atoms. The zero-order valence-electron chi connectivity index (χ0n) is 35.1. The summed E-state index contributed by atoms with van der Waals surface area (Å²) < 4.78 is 10.6. The number of carbonyl (C=O) groups is 2. The normalized spacial score (nSPS) is 12.1. The largest absolute Gasteiger partial charge is 0.462 e. The van der Waals surface area contributed by atoms with Crippen LogP contribution in [0, 0.1) is 0 Å². The molecule has 0 rings (SSSR count). The Labute approximate surface area is 324 Å². The smallest absolute Gasteiger partial charge is 0.306 e. The zero-order chi connectivity index (χ0) is 37.8. The molecule has 5 heteroatoms. The second kappa shape index (κ2) is 44.0. The molecule has 5 nitrogen and oxygen atoms in total. The van der Waals surface area contributed by atoms with Crippen LogP contribution in [-0.2, 0) is 19.1 Å². The summed E-state index contributed by atoms with van der Waals surface area (Å²) in [6.45, 7) is 4.16. The van der Waals surface area contributed by atoms with Gasteiger partial charge in [0.2, 0.25) is 0 Å². The van der Waals surface area contributed by atoms with Gasteiger partial charge in [-0.2, -0.15) is 0 Å². The summed E-state index contributed by atoms with van der Waals surface area (Å²) in [5, 5.41) is 9.58. The number of hydrogen-bond donors (Lipinski definition) is 1. The van der Waals surface area contributed by atoms with E-state index >= 15 is 0 Å². The second-order valence-electron chi connectivity index (χ2n) is 15.8. The predicted octanol–water partition coefficient (Wildman–Crippen LogP) is 14.9. The molecule has 0 aromatic carbocycles. The average Bonchev–Trinajstić information content (AvgIpc) is 3.15. The number of rotatable bonds is 43. The molecule has 0 amide bonds. The van der Waals surface area contributed by atoms with Crippen molar-refractivity contribution in [3.05, 3.63) is 12.2 Å². The highest BCUT2D eigenvalue weighted by molar-refractivity contribution is 5.70. The van der Waals surface area contributed by atoms with E-state index in [-0.39, 0.29) is 25.2 Å². The minimum Gasteiger partial charge on any atom is -0.462 e. The lowest BCUT2D eigenvalue weighted by Crippen LogP contribution is -2.28. The van der Waals surface area contributed by atoms with Crippen LogP contribution >= 0.6 is 0 Å². The van der Waals surface area contributed by atoms with Gasteiger partial charge in [-0.05, 0) is 38.5 Å². The van der Waals surface area contributed by atoms with Crippen LogP contribution in [0.5, 0.6) is 0 Å². The average molecular weight is 735 g/mol. The van der Waals surface area contributed by atoms with Crippen molar-refractivity contribution < 1.29 is 24.2 Å². The lowest BCUT2D eigenvalue weighted by molar-refractivity contribution is -0.161. The van der Waals surface area contributed by atoms with Gasteiger partial charge in [0.15, 0.2) is 6.10 Å². The summed E-state index contributed by atoms with van der Waals surface area (Å²) in [6, 6.07) is 0. The lowest BCUT2D eigenvalue weighted by Gasteiger charge is -2.15. The van der Waals surface area contributed by atoms with Gasteiger partial charge in [0.25, 0.3) is 0 Å². The maximum Gasteiger partial charge on any atom is 0.306 e. The van der Waals surface area contributed by atoms with E-state index in [2.05, 4.69) is 26.0 Å². The van der Waals surface area contributed by atoms with E-state index in [4.69, 9.17) is 9.47 Å². The number of aliphatic hydroxyl groups excluding tert-OH is 1. The van der Waals surface area contributed by atoms with Gasteiger partial charge >= 0.3 is 11.9 Å². The third kappa shape index (κ3) is 41.4. The monoisotopic (exact) mass is 735 g/mol. The van der Waals surface area contributed by atoms with Crippen LogP contribution in [-0.4, -0.2) is 36.4 Å². The summed E-state index contributed by atoms with van der Waals surface area (Å²) in [5.41, 5.74) is 0. The lowest BCUT2D eigenvalue weighted by atomic mass is 10.0. The first-order chi connectivity index (χ1) is 25.6. The highest BCUT2D eigenvalue weighted by atomic mass is 16.6. The Balaban J connectivity index is 3.45. The van der Waals surface area contributed by atoms with Crippen LogP contribution in [0.3, 0.4) is 0 Å². The number of allylic oxidation sites excluding steroid dienone is 2. The van der Waals surface area contributed by atoms with Crippen molar-refractivity contribution in [1.29, 1.82) is 0 Å². The molecular weight excluding hydrogens is 645 g/mol. The van der Waals surface area contributed by atoms with Crippen molar-refractivity contribution in [3.63, 3.8) is 0 Å². The Kier molecular flexibility index (Phi) is 42.9. The van der Waals surface area contributed by atoms with Crippen molar-refractivity contribution in [1.82, 2.24) is 0 Å². The maximum atomic E-state index is 12.2. The van der Waals surface area contributed by atoms with Crippen LogP contribution in [0.1, 0.15) is 258 Å². The van der Waals surface area contributed by atoms with Crippen molar-refractivity contribution in [3.8, 4) is 0 Å². The van der Waals surface area contributed by atoms with E-state index in [1.807, 2.05) is 0 Å². The molecule has 0 saturated carbocycles. The second-order valence-corrected chi connectivity index (χ2v) is 15.8. The Bertz CT molecular complexity index is 750. The van der Waals surface area contributed by atoms with Crippen molar-refractivity contribution in [2.24, 2.45) is 0 Å². The zero-order valence-corrected chi connectivity index (χ0v) is 35.1. The SMILES string of the molecule is CCCCCC/C=C/CCCCCCCCCC(=O)O[C@@H](CO)COC(=O)CCCCCCCCCCCCCCCCCCCCCCCCC. The molecule has 52 heavy (non-hydrogen) atoms. The van der Waals surface area contributed by atoms with Crippen molar-refractivity contribution in [2.75, 3.05) is 13.2 Å². The van der Waals surface area contributed by atoms with Gasteiger partial charge in [-0.25, -0.2) is 0 Å². The summed E-state index contributed by atoms with van der Waals surface area (Å²) >= 11 is 0. The maximum absolute atomic E-state index is 12.2. The van der Waals surface area contributed by atoms with Crippen LogP contribution in [0.25, 0.3) is 0 Å². The molecule has 0 fully saturated rings. The third-order valence-electron chi connectivity index (χ3n) is 10.6. The molecule has 0 aromatic rings. The van der Waals surface area contributed by atoms with Gasteiger partial charge in [-0.15, -0.1) is 0 Å². The summed E-state index contributed by atoms with van der Waals surface area (Å²) in [7, 11) is 0. The third-order valence-corrected chi connectivity index (χ3v) is 10.6. The molecule has 0 aliphatic rings. The van der Waals surface area contributed by atoms with Gasteiger partial charge in [0, 0.05) is 12.8 Å². The molecule has 0 heterocycles. The number of ether oxygens (including phenoxy) is 2. The van der Waals surface area contributed by atoms with E-state index in [0.29, 0.717) is 12.8 Å². The van der Waals surface area contributed by atoms with Crippen LogP contribution < -0.4 is 0 Å². The van der Waals surface area contributed by atoms with E-state index in [9.17, 15) is 14.7 Å². The van der Waals surface area contributed by atoms with Crippen LogP contribution in [0.15, 0.2) is 12.2 Å². The number of hydrogen-bond acceptors (Lipinski definition) is 5. The van der Waals surface area contributed by atoms with Gasteiger partial charge in [0.05, 0.1) is 6.61 Å². The van der Waals surface area contributed by atoms with E-state index in [1.165, 1.54) is 199 Å². The predicted molar refractivity (Wildman–Crippen MR) is 224 cm³/mol. The summed E-state index contributed by atoms with van der Waals surface area (Å²) in [6.07, 6.45) is 51.5. The summed E-state index contributed by atoms with van der Waals surface area (Å²) in [5.74, 6) is -0.581. The van der Waals surface area contributed by atoms with Gasteiger partial charge < -0.3 is 14.6 Å². The quantitative estimate of drug-likeness (QED) is 0.0383. The minimum atomic E-state index is -0.767. The number of carbonyl (C=O) groups excluding carboxylic acids is 2. The van der Waals surface area contributed by atoms with Crippen molar-refractivity contribution >= 4 is 11.9 Å². The molecule has 0 unspecified atom stereocenters. The fourth-order valence-electron chi connectivity index (χ4n) is 7.02. The molecule has 0 saturated heterocycles. The van der Waals surface area contributed by atoms with Gasteiger partial charge in [0.1, 0.15) is 6.61 Å². The highest BCUT2D eigenvalue weighted by Crippen LogP contribution is 2.16. The molecule has 308 valence electrons. The molecule has 1 N–H and O–H groups in total. The van der Waals surface area contributed by atoms with Crippen molar-refractivity contribution in [2.45, 2.75) is 264 Å². The molecular formula is C47H90O5. The minimum absolute atomic E-state index is 0.0610. The molecule has 0 aliphatic carbocycles.